The van der Waals surface area contributed by atoms with Gasteiger partial charge in [-0.2, -0.15) is 0 Å². The molecule has 1 amide bonds. The van der Waals surface area contributed by atoms with Gasteiger partial charge in [-0.05, 0) is 52.3 Å². The van der Waals surface area contributed by atoms with Gasteiger partial charge >= 0.3 is 5.97 Å². The summed E-state index contributed by atoms with van der Waals surface area (Å²) < 4.78 is 26.7. The molecule has 0 saturated carbocycles. The summed E-state index contributed by atoms with van der Waals surface area (Å²) in [5.74, 6) is -3.44. The van der Waals surface area contributed by atoms with E-state index in [-0.39, 0.29) is 15.7 Å². The van der Waals surface area contributed by atoms with Crippen molar-refractivity contribution in [2.24, 2.45) is 0 Å². The number of benzene rings is 2. The smallest absolute Gasteiger partial charge is 0.338 e. The van der Waals surface area contributed by atoms with E-state index in [1.165, 1.54) is 18.2 Å². The number of carboxylic acids is 1. The summed E-state index contributed by atoms with van der Waals surface area (Å²) in [6.45, 7) is 0. The van der Waals surface area contributed by atoms with Crippen molar-refractivity contribution in [2.75, 3.05) is 5.32 Å². The topological polar surface area (TPSA) is 66.4 Å². The predicted octanol–water partition coefficient (Wildman–Crippen LogP) is 3.68. The van der Waals surface area contributed by atoms with Crippen LogP contribution in [0.3, 0.4) is 0 Å². The quantitative estimate of drug-likeness (QED) is 0.882. The largest absolute Gasteiger partial charge is 0.478 e. The highest BCUT2D eigenvalue weighted by Gasteiger charge is 2.13. The van der Waals surface area contributed by atoms with Gasteiger partial charge < -0.3 is 10.4 Å². The minimum atomic E-state index is -1.40. The Morgan fingerprint density at radius 3 is 2.33 bits per heavy atom. The average Bonchev–Trinajstić information content (AvgIpc) is 2.41. The fraction of sp³-hybridized carbons (Fsp3) is 0. The lowest BCUT2D eigenvalue weighted by atomic mass is 10.1. The maximum Gasteiger partial charge on any atom is 0.338 e. The van der Waals surface area contributed by atoms with E-state index in [1.54, 1.807) is 0 Å². The molecular weight excluding hydrogens is 348 g/mol. The van der Waals surface area contributed by atoms with E-state index in [9.17, 15) is 18.4 Å². The summed E-state index contributed by atoms with van der Waals surface area (Å²) in [6, 6.07) is 6.90. The lowest BCUT2D eigenvalue weighted by molar-refractivity contribution is 0.0692. The molecule has 2 N–H and O–H groups in total. The van der Waals surface area contributed by atoms with E-state index in [1.807, 2.05) is 0 Å². The number of halogens is 3. The Labute approximate surface area is 126 Å². The first-order valence-corrected chi connectivity index (χ1v) is 6.47. The van der Waals surface area contributed by atoms with Crippen molar-refractivity contribution >= 4 is 33.5 Å². The van der Waals surface area contributed by atoms with Crippen molar-refractivity contribution in [1.82, 2.24) is 0 Å². The van der Waals surface area contributed by atoms with Crippen LogP contribution in [-0.2, 0) is 0 Å². The summed E-state index contributed by atoms with van der Waals surface area (Å²) in [6.07, 6.45) is 0. The summed E-state index contributed by atoms with van der Waals surface area (Å²) in [5, 5.41) is 11.1. The van der Waals surface area contributed by atoms with Gasteiger partial charge in [-0.3, -0.25) is 4.79 Å². The summed E-state index contributed by atoms with van der Waals surface area (Å²) in [7, 11) is 0. The molecule has 0 heterocycles. The second-order valence-corrected chi connectivity index (χ2v) is 4.94. The van der Waals surface area contributed by atoms with Crippen molar-refractivity contribution in [3.63, 3.8) is 0 Å². The Kier molecular flexibility index (Phi) is 4.32. The molecule has 0 fully saturated rings. The van der Waals surface area contributed by atoms with Crippen molar-refractivity contribution in [2.45, 2.75) is 0 Å². The van der Waals surface area contributed by atoms with Crippen LogP contribution < -0.4 is 5.32 Å². The van der Waals surface area contributed by atoms with Crippen molar-refractivity contribution in [3.05, 3.63) is 63.6 Å². The number of rotatable bonds is 3. The highest BCUT2D eigenvalue weighted by Crippen LogP contribution is 2.19. The van der Waals surface area contributed by atoms with Gasteiger partial charge in [0, 0.05) is 11.3 Å². The molecule has 0 unspecified atom stereocenters. The minimum Gasteiger partial charge on any atom is -0.478 e. The van der Waals surface area contributed by atoms with Crippen LogP contribution in [0.2, 0.25) is 0 Å². The number of hydrogen-bond acceptors (Lipinski definition) is 2. The molecule has 0 aliphatic heterocycles. The number of carbonyl (C=O) groups is 2. The van der Waals surface area contributed by atoms with Crippen LogP contribution >= 0.6 is 15.9 Å². The molecule has 0 atom stereocenters. The van der Waals surface area contributed by atoms with E-state index < -0.39 is 29.1 Å². The standard InChI is InChI=1S/C14H8BrF2NO3/c15-10-5-7(1-4-11(10)16)13(19)18-8-2-3-9(14(20)21)12(17)6-8/h1-6H,(H,18,19)(H,20,21). The minimum absolute atomic E-state index is 0.1000. The van der Waals surface area contributed by atoms with Crippen molar-refractivity contribution in [3.8, 4) is 0 Å². The zero-order chi connectivity index (χ0) is 15.6. The number of carboxylic acid groups (broad SMARTS) is 1. The van der Waals surface area contributed by atoms with Gasteiger partial charge in [-0.15, -0.1) is 0 Å². The molecule has 0 aliphatic rings. The van der Waals surface area contributed by atoms with E-state index >= 15 is 0 Å². The molecule has 4 nitrogen and oxygen atoms in total. The number of hydrogen-bond donors (Lipinski definition) is 2. The van der Waals surface area contributed by atoms with Gasteiger partial charge in [0.25, 0.3) is 5.91 Å². The van der Waals surface area contributed by atoms with Crippen LogP contribution in [0.25, 0.3) is 0 Å². The molecule has 0 saturated heterocycles. The van der Waals surface area contributed by atoms with Crippen LogP contribution in [0.15, 0.2) is 40.9 Å². The molecule has 0 radical (unpaired) electrons. The maximum atomic E-state index is 13.5. The Morgan fingerprint density at radius 2 is 1.76 bits per heavy atom. The third kappa shape index (κ3) is 3.43. The third-order valence-electron chi connectivity index (χ3n) is 2.64. The lowest BCUT2D eigenvalue weighted by Gasteiger charge is -2.07. The molecule has 0 bridgehead atoms. The van der Waals surface area contributed by atoms with Gasteiger partial charge in [0.05, 0.1) is 10.0 Å². The van der Waals surface area contributed by atoms with Crippen LogP contribution in [-0.4, -0.2) is 17.0 Å². The third-order valence-corrected chi connectivity index (χ3v) is 3.25. The molecule has 7 heteroatoms. The van der Waals surface area contributed by atoms with Gasteiger partial charge in [0.1, 0.15) is 11.6 Å². The van der Waals surface area contributed by atoms with Crippen LogP contribution in [0, 0.1) is 11.6 Å². The first-order chi connectivity index (χ1) is 9.88. The molecule has 2 aromatic rings. The monoisotopic (exact) mass is 355 g/mol. The Morgan fingerprint density at radius 1 is 1.05 bits per heavy atom. The first kappa shape index (κ1) is 15.1. The highest BCUT2D eigenvalue weighted by atomic mass is 79.9. The first-order valence-electron chi connectivity index (χ1n) is 5.67. The fourth-order valence-electron chi connectivity index (χ4n) is 1.61. The van der Waals surface area contributed by atoms with Crippen molar-refractivity contribution < 1.29 is 23.5 Å². The van der Waals surface area contributed by atoms with Gasteiger partial charge in [-0.25, -0.2) is 13.6 Å². The lowest BCUT2D eigenvalue weighted by Crippen LogP contribution is -2.12. The maximum absolute atomic E-state index is 13.5. The zero-order valence-electron chi connectivity index (χ0n) is 10.4. The zero-order valence-corrected chi connectivity index (χ0v) is 11.9. The molecule has 2 aromatic carbocycles. The second-order valence-electron chi connectivity index (χ2n) is 4.08. The highest BCUT2D eigenvalue weighted by molar-refractivity contribution is 9.10. The number of carbonyl (C=O) groups excluding carboxylic acids is 1. The van der Waals surface area contributed by atoms with Crippen LogP contribution in [0.1, 0.15) is 20.7 Å². The van der Waals surface area contributed by atoms with Crippen molar-refractivity contribution in [1.29, 1.82) is 0 Å². The molecule has 0 aliphatic carbocycles. The van der Waals surface area contributed by atoms with E-state index in [2.05, 4.69) is 21.2 Å². The van der Waals surface area contributed by atoms with Crippen LogP contribution in [0.5, 0.6) is 0 Å². The average molecular weight is 356 g/mol. The summed E-state index contributed by atoms with van der Waals surface area (Å²) in [5.41, 5.74) is -0.216. The molecule has 108 valence electrons. The van der Waals surface area contributed by atoms with E-state index in [4.69, 9.17) is 5.11 Å². The Balaban J connectivity index is 2.21. The molecule has 2 rings (SSSR count). The number of anilines is 1. The van der Waals surface area contributed by atoms with Crippen LogP contribution in [0.4, 0.5) is 14.5 Å². The molecule has 0 aromatic heterocycles. The number of nitrogens with one attached hydrogen (secondary N) is 1. The molecule has 0 spiro atoms. The van der Waals surface area contributed by atoms with Gasteiger partial charge in [0.15, 0.2) is 0 Å². The van der Waals surface area contributed by atoms with E-state index in [0.29, 0.717) is 0 Å². The van der Waals surface area contributed by atoms with Gasteiger partial charge in [0.2, 0.25) is 0 Å². The summed E-state index contributed by atoms with van der Waals surface area (Å²) in [4.78, 5) is 22.6. The Bertz CT molecular complexity index is 734. The molecule has 21 heavy (non-hydrogen) atoms. The fourth-order valence-corrected chi connectivity index (χ4v) is 1.99. The van der Waals surface area contributed by atoms with Gasteiger partial charge in [-0.1, -0.05) is 0 Å². The molecular formula is C14H8BrF2NO3. The Hall–Kier alpha value is -2.28. The normalized spacial score (nSPS) is 10.2. The number of amides is 1. The second kappa shape index (κ2) is 6.01. The number of aromatic carboxylic acids is 1. The SMILES string of the molecule is O=C(Nc1ccc(C(=O)O)c(F)c1)c1ccc(F)c(Br)c1. The predicted molar refractivity (Wildman–Crippen MR) is 75.4 cm³/mol. The summed E-state index contributed by atoms with van der Waals surface area (Å²) >= 11 is 2.96. The van der Waals surface area contributed by atoms with E-state index in [0.717, 1.165) is 18.2 Å².